The van der Waals surface area contributed by atoms with Crippen LogP contribution in [0.3, 0.4) is 0 Å². The highest BCUT2D eigenvalue weighted by molar-refractivity contribution is 7.10. The van der Waals surface area contributed by atoms with Gasteiger partial charge in [0.15, 0.2) is 11.5 Å². The van der Waals surface area contributed by atoms with Crippen LogP contribution in [0.2, 0.25) is 5.02 Å². The Kier molecular flexibility index (Phi) is 5.47. The molecule has 0 aliphatic heterocycles. The molecule has 2 heterocycles. The Morgan fingerprint density at radius 3 is 2.77 bits per heavy atom. The zero-order chi connectivity index (χ0) is 21.3. The fourth-order valence-corrected chi connectivity index (χ4v) is 3.60. The first-order valence-corrected chi connectivity index (χ1v) is 10.1. The van der Waals surface area contributed by atoms with Crippen molar-refractivity contribution in [3.05, 3.63) is 64.3 Å². The van der Waals surface area contributed by atoms with E-state index < -0.39 is 0 Å². The number of carbonyl (C=O) groups excluding carboxylic acids is 1. The van der Waals surface area contributed by atoms with Crippen LogP contribution < -0.4 is 10.1 Å². The third-order valence-corrected chi connectivity index (χ3v) is 5.54. The van der Waals surface area contributed by atoms with Gasteiger partial charge in [0.2, 0.25) is 5.13 Å². The van der Waals surface area contributed by atoms with Gasteiger partial charge in [-0.05, 0) is 43.7 Å². The Morgan fingerprint density at radius 2 is 2.00 bits per heavy atom. The highest BCUT2D eigenvalue weighted by Crippen LogP contribution is 2.26. The maximum atomic E-state index is 12.6. The van der Waals surface area contributed by atoms with Crippen molar-refractivity contribution in [2.45, 2.75) is 13.8 Å². The highest BCUT2D eigenvalue weighted by atomic mass is 35.5. The van der Waals surface area contributed by atoms with Crippen molar-refractivity contribution in [2.24, 2.45) is 0 Å². The topological polar surface area (TPSA) is 94.8 Å². The minimum Gasteiger partial charge on any atom is -0.496 e. The molecule has 1 amide bonds. The maximum Gasteiger partial charge on any atom is 0.261 e. The number of carbonyl (C=O) groups is 1. The molecule has 152 valence electrons. The van der Waals surface area contributed by atoms with Gasteiger partial charge in [-0.25, -0.2) is 4.68 Å². The van der Waals surface area contributed by atoms with Gasteiger partial charge in [-0.3, -0.25) is 10.1 Å². The molecule has 0 bridgehead atoms. The van der Waals surface area contributed by atoms with Gasteiger partial charge in [-0.15, -0.1) is 5.10 Å². The molecule has 0 saturated heterocycles. The molecular weight excluding hydrogens is 424 g/mol. The lowest BCUT2D eigenvalue weighted by atomic mass is 10.2. The van der Waals surface area contributed by atoms with E-state index in [1.165, 1.54) is 7.11 Å². The molecule has 0 aliphatic rings. The van der Waals surface area contributed by atoms with Crippen LogP contribution in [-0.4, -0.2) is 37.4 Å². The number of hydrogen-bond donors (Lipinski definition) is 1. The number of anilines is 1. The van der Waals surface area contributed by atoms with Crippen LogP contribution in [-0.2, 0) is 0 Å². The Balaban J connectivity index is 1.58. The van der Waals surface area contributed by atoms with Crippen LogP contribution in [0.25, 0.3) is 17.2 Å². The molecule has 0 radical (unpaired) electrons. The first kappa shape index (κ1) is 20.0. The van der Waals surface area contributed by atoms with Crippen molar-refractivity contribution >= 4 is 34.2 Å². The van der Waals surface area contributed by atoms with Crippen LogP contribution in [0.4, 0.5) is 5.13 Å². The number of rotatable bonds is 5. The van der Waals surface area contributed by atoms with Gasteiger partial charge < -0.3 is 4.74 Å². The number of benzene rings is 2. The fourth-order valence-electron chi connectivity index (χ4n) is 2.86. The second-order valence-corrected chi connectivity index (χ2v) is 7.61. The molecule has 2 aromatic heterocycles. The Bertz CT molecular complexity index is 1240. The fraction of sp³-hybridized carbons (Fsp3) is 0.150. The van der Waals surface area contributed by atoms with Gasteiger partial charge >= 0.3 is 0 Å². The predicted octanol–water partition coefficient (Wildman–Crippen LogP) is 4.32. The molecule has 10 heteroatoms. The van der Waals surface area contributed by atoms with Gasteiger partial charge in [-0.2, -0.15) is 9.36 Å². The monoisotopic (exact) mass is 440 g/mol. The molecule has 30 heavy (non-hydrogen) atoms. The Hall–Kier alpha value is -3.30. The lowest BCUT2D eigenvalue weighted by molar-refractivity contribution is 0.102. The molecular formula is C20H17ClN6O2S. The quantitative estimate of drug-likeness (QED) is 0.496. The molecule has 0 fully saturated rings. The summed E-state index contributed by atoms with van der Waals surface area (Å²) in [6, 6.07) is 12.6. The molecule has 0 atom stereocenters. The van der Waals surface area contributed by atoms with Crippen LogP contribution >= 0.6 is 23.1 Å². The van der Waals surface area contributed by atoms with E-state index in [1.807, 2.05) is 32.0 Å². The average molecular weight is 441 g/mol. The van der Waals surface area contributed by atoms with Gasteiger partial charge in [0.25, 0.3) is 5.91 Å². The summed E-state index contributed by atoms with van der Waals surface area (Å²) in [5.74, 6) is 0.539. The maximum absolute atomic E-state index is 12.6. The molecule has 2 aromatic carbocycles. The van der Waals surface area contributed by atoms with E-state index in [1.54, 1.807) is 28.9 Å². The number of methoxy groups -OCH3 is 1. The molecule has 0 unspecified atom stereocenters. The number of hydrogen-bond acceptors (Lipinski definition) is 7. The minimum atomic E-state index is -0.329. The van der Waals surface area contributed by atoms with E-state index in [2.05, 4.69) is 25.0 Å². The molecule has 4 rings (SSSR count). The second kappa shape index (κ2) is 8.21. The summed E-state index contributed by atoms with van der Waals surface area (Å²) in [4.78, 5) is 17.0. The van der Waals surface area contributed by atoms with E-state index in [0.29, 0.717) is 33.0 Å². The lowest BCUT2D eigenvalue weighted by Crippen LogP contribution is -2.12. The zero-order valence-corrected chi connectivity index (χ0v) is 18.0. The SMILES string of the molecule is COc1ccccc1C(=O)Nc1nc(-c2nnn(-c3ccc(C)c(Cl)c3)c2C)ns1. The number of para-hydroxylation sites is 1. The van der Waals surface area contributed by atoms with Gasteiger partial charge in [0, 0.05) is 16.6 Å². The third-order valence-electron chi connectivity index (χ3n) is 4.50. The molecule has 4 aromatic rings. The third kappa shape index (κ3) is 3.77. The summed E-state index contributed by atoms with van der Waals surface area (Å²) >= 11 is 7.30. The van der Waals surface area contributed by atoms with Gasteiger partial charge in [0.1, 0.15) is 5.75 Å². The minimum absolute atomic E-state index is 0.329. The summed E-state index contributed by atoms with van der Waals surface area (Å²) in [5, 5.41) is 12.2. The summed E-state index contributed by atoms with van der Waals surface area (Å²) in [7, 11) is 1.52. The largest absolute Gasteiger partial charge is 0.496 e. The summed E-state index contributed by atoms with van der Waals surface area (Å²) in [6.45, 7) is 3.81. The Morgan fingerprint density at radius 1 is 1.20 bits per heavy atom. The number of aromatic nitrogens is 5. The molecule has 1 N–H and O–H groups in total. The first-order chi connectivity index (χ1) is 14.5. The number of aryl methyl sites for hydroxylation is 1. The van der Waals surface area contributed by atoms with E-state index in [9.17, 15) is 4.79 Å². The smallest absolute Gasteiger partial charge is 0.261 e. The molecule has 8 nitrogen and oxygen atoms in total. The second-order valence-electron chi connectivity index (χ2n) is 6.45. The number of halogens is 1. The van der Waals surface area contributed by atoms with Crippen molar-refractivity contribution < 1.29 is 9.53 Å². The standard InChI is InChI=1S/C20H17ClN6O2S/c1-11-8-9-13(10-15(11)21)27-12(2)17(24-26-27)18-22-20(30-25-18)23-19(28)14-6-4-5-7-16(14)29-3/h4-10H,1-3H3,(H,22,23,25,28). The van der Waals surface area contributed by atoms with Crippen molar-refractivity contribution in [3.63, 3.8) is 0 Å². The lowest BCUT2D eigenvalue weighted by Gasteiger charge is -2.06. The van der Waals surface area contributed by atoms with Gasteiger partial charge in [0.05, 0.1) is 24.1 Å². The van der Waals surface area contributed by atoms with Crippen molar-refractivity contribution in [1.29, 1.82) is 0 Å². The zero-order valence-electron chi connectivity index (χ0n) is 16.4. The highest BCUT2D eigenvalue weighted by Gasteiger charge is 2.19. The predicted molar refractivity (Wildman–Crippen MR) is 116 cm³/mol. The number of amides is 1. The first-order valence-electron chi connectivity index (χ1n) is 8.95. The number of nitrogens with zero attached hydrogens (tertiary/aromatic N) is 5. The van der Waals surface area contributed by atoms with Crippen molar-refractivity contribution in [1.82, 2.24) is 24.4 Å². The van der Waals surface area contributed by atoms with E-state index >= 15 is 0 Å². The normalized spacial score (nSPS) is 10.8. The average Bonchev–Trinajstić information content (AvgIpc) is 3.36. The van der Waals surface area contributed by atoms with E-state index in [-0.39, 0.29) is 5.91 Å². The molecule has 0 spiro atoms. The Labute approximate surface area is 181 Å². The summed E-state index contributed by atoms with van der Waals surface area (Å²) in [6.07, 6.45) is 0. The van der Waals surface area contributed by atoms with Crippen LogP contribution in [0.15, 0.2) is 42.5 Å². The van der Waals surface area contributed by atoms with Crippen LogP contribution in [0, 0.1) is 13.8 Å². The molecule has 0 aliphatic carbocycles. The molecule has 0 saturated carbocycles. The number of ether oxygens (including phenoxy) is 1. The number of nitrogens with one attached hydrogen (secondary N) is 1. The van der Waals surface area contributed by atoms with Crippen LogP contribution in [0.1, 0.15) is 21.6 Å². The summed E-state index contributed by atoms with van der Waals surface area (Å²) in [5.41, 5.74) is 3.47. The van der Waals surface area contributed by atoms with E-state index in [0.717, 1.165) is 28.5 Å². The van der Waals surface area contributed by atoms with Crippen molar-refractivity contribution in [3.8, 4) is 23.0 Å². The summed E-state index contributed by atoms with van der Waals surface area (Å²) < 4.78 is 11.2. The van der Waals surface area contributed by atoms with Gasteiger partial charge in [-0.1, -0.05) is 35.0 Å². The van der Waals surface area contributed by atoms with E-state index in [4.69, 9.17) is 16.3 Å². The van der Waals surface area contributed by atoms with Crippen molar-refractivity contribution in [2.75, 3.05) is 12.4 Å². The van der Waals surface area contributed by atoms with Crippen LogP contribution in [0.5, 0.6) is 5.75 Å².